The van der Waals surface area contributed by atoms with Gasteiger partial charge in [0.2, 0.25) is 10.0 Å². The summed E-state index contributed by atoms with van der Waals surface area (Å²) in [6, 6.07) is 7.18. The van der Waals surface area contributed by atoms with E-state index < -0.39 is 10.0 Å². The highest BCUT2D eigenvalue weighted by Gasteiger charge is 2.28. The molecule has 3 rings (SSSR count). The number of rotatable bonds is 5. The van der Waals surface area contributed by atoms with Gasteiger partial charge < -0.3 is 9.64 Å². The normalized spacial score (nSPS) is 20.1. The topological polar surface area (TPSA) is 79.0 Å². The molecule has 2 saturated heterocycles. The molecule has 0 saturated carbocycles. The van der Waals surface area contributed by atoms with Gasteiger partial charge >= 0.3 is 0 Å². The van der Waals surface area contributed by atoms with E-state index in [0.29, 0.717) is 17.3 Å². The van der Waals surface area contributed by atoms with Crippen molar-refractivity contribution in [2.24, 2.45) is 0 Å². The van der Waals surface area contributed by atoms with E-state index in [1.54, 1.807) is 31.2 Å². The minimum absolute atomic E-state index is 0.00956. The van der Waals surface area contributed by atoms with Gasteiger partial charge in [0.1, 0.15) is 0 Å². The average Bonchev–Trinajstić information content (AvgIpc) is 2.68. The molecule has 0 aliphatic carbocycles. The van der Waals surface area contributed by atoms with Gasteiger partial charge in [-0.25, -0.2) is 8.42 Å². The number of nitrogens with zero attached hydrogens (tertiary/aromatic N) is 2. The van der Waals surface area contributed by atoms with Crippen LogP contribution in [0.5, 0.6) is 0 Å². The molecule has 0 aromatic heterocycles. The van der Waals surface area contributed by atoms with Gasteiger partial charge in [-0.2, -0.15) is 0 Å². The molecule has 2 aliphatic heterocycles. The lowest BCUT2D eigenvalue weighted by Crippen LogP contribution is -2.50. The Hall–Kier alpha value is -1.64. The zero-order valence-corrected chi connectivity index (χ0v) is 16.0. The van der Waals surface area contributed by atoms with Crippen LogP contribution >= 0.6 is 0 Å². The van der Waals surface area contributed by atoms with Crippen LogP contribution in [-0.2, 0) is 14.8 Å². The van der Waals surface area contributed by atoms with E-state index in [9.17, 15) is 13.2 Å². The minimum Gasteiger partial charge on any atom is -0.379 e. The fourth-order valence-electron chi connectivity index (χ4n) is 3.49. The Balaban J connectivity index is 1.55. The fraction of sp³-hybridized carbons (Fsp3) is 0.611. The maximum atomic E-state index is 12.7. The van der Waals surface area contributed by atoms with Gasteiger partial charge in [-0.15, -0.1) is 0 Å². The lowest BCUT2D eigenvalue weighted by atomic mass is 10.0. The highest BCUT2D eigenvalue weighted by Crippen LogP contribution is 2.20. The van der Waals surface area contributed by atoms with Crippen LogP contribution in [0.15, 0.2) is 24.3 Å². The summed E-state index contributed by atoms with van der Waals surface area (Å²) in [6.45, 7) is 6.65. The minimum atomic E-state index is -3.30. The van der Waals surface area contributed by atoms with Gasteiger partial charge in [-0.3, -0.25) is 14.4 Å². The molecule has 26 heavy (non-hydrogen) atoms. The highest BCUT2D eigenvalue weighted by atomic mass is 32.2. The molecular weight excluding hydrogens is 354 g/mol. The molecule has 8 heteroatoms. The predicted octanol–water partition coefficient (Wildman–Crippen LogP) is 1.39. The van der Waals surface area contributed by atoms with E-state index in [2.05, 4.69) is 9.62 Å². The molecule has 1 aromatic carbocycles. The fourth-order valence-corrected chi connectivity index (χ4v) is 4.13. The first kappa shape index (κ1) is 19.1. The van der Waals surface area contributed by atoms with E-state index >= 15 is 0 Å². The Morgan fingerprint density at radius 1 is 1.12 bits per heavy atom. The van der Waals surface area contributed by atoms with Crippen LogP contribution in [0.1, 0.15) is 30.1 Å². The monoisotopic (exact) mass is 381 g/mol. The Kier molecular flexibility index (Phi) is 6.16. The van der Waals surface area contributed by atoms with Crippen molar-refractivity contribution >= 4 is 21.6 Å². The summed E-state index contributed by atoms with van der Waals surface area (Å²) in [5, 5.41) is 0. The third-order valence-electron chi connectivity index (χ3n) is 5.10. The number of hydrogen-bond donors (Lipinski definition) is 1. The number of hydrogen-bond acceptors (Lipinski definition) is 5. The quantitative estimate of drug-likeness (QED) is 0.834. The van der Waals surface area contributed by atoms with Crippen LogP contribution < -0.4 is 4.72 Å². The van der Waals surface area contributed by atoms with Gasteiger partial charge in [-0.05, 0) is 44.0 Å². The van der Waals surface area contributed by atoms with Crippen molar-refractivity contribution in [1.82, 2.24) is 9.80 Å². The maximum Gasteiger partial charge on any atom is 0.253 e. The van der Waals surface area contributed by atoms with Crippen molar-refractivity contribution in [1.29, 1.82) is 0 Å². The number of ether oxygens (including phenoxy) is 1. The van der Waals surface area contributed by atoms with Gasteiger partial charge in [0, 0.05) is 43.5 Å². The molecule has 2 aliphatic rings. The second kappa shape index (κ2) is 8.37. The van der Waals surface area contributed by atoms with Gasteiger partial charge in [0.05, 0.1) is 19.0 Å². The SMILES string of the molecule is CCS(=O)(=O)Nc1ccc(C(=O)N2CCC(N3CCOCC3)CC2)cc1. The Bertz CT molecular complexity index is 706. The number of piperidine rings is 1. The molecule has 1 aromatic rings. The zero-order valence-electron chi connectivity index (χ0n) is 15.2. The molecule has 0 radical (unpaired) electrons. The molecule has 0 unspecified atom stereocenters. The summed E-state index contributed by atoms with van der Waals surface area (Å²) in [7, 11) is -3.30. The zero-order chi connectivity index (χ0) is 18.6. The largest absolute Gasteiger partial charge is 0.379 e. The lowest BCUT2D eigenvalue weighted by Gasteiger charge is -2.40. The van der Waals surface area contributed by atoms with Crippen LogP contribution in [0.4, 0.5) is 5.69 Å². The average molecular weight is 381 g/mol. The van der Waals surface area contributed by atoms with Gasteiger partial charge in [-0.1, -0.05) is 0 Å². The van der Waals surface area contributed by atoms with Crippen molar-refractivity contribution in [2.45, 2.75) is 25.8 Å². The molecule has 2 heterocycles. The van der Waals surface area contributed by atoms with Crippen LogP contribution in [-0.4, -0.2) is 75.3 Å². The number of anilines is 1. The lowest BCUT2D eigenvalue weighted by molar-refractivity contribution is 0.00159. The first-order chi connectivity index (χ1) is 12.5. The number of amides is 1. The van der Waals surface area contributed by atoms with Crippen molar-refractivity contribution in [3.05, 3.63) is 29.8 Å². The van der Waals surface area contributed by atoms with Crippen LogP contribution in [0, 0.1) is 0 Å². The van der Waals surface area contributed by atoms with E-state index in [-0.39, 0.29) is 11.7 Å². The van der Waals surface area contributed by atoms with Crippen molar-refractivity contribution in [3.63, 3.8) is 0 Å². The Morgan fingerprint density at radius 3 is 2.31 bits per heavy atom. The number of likely N-dealkylation sites (tertiary alicyclic amines) is 1. The van der Waals surface area contributed by atoms with Gasteiger partial charge in [0.25, 0.3) is 5.91 Å². The third-order valence-corrected chi connectivity index (χ3v) is 6.41. The molecule has 1 amide bonds. The van der Waals surface area contributed by atoms with E-state index in [4.69, 9.17) is 4.74 Å². The summed E-state index contributed by atoms with van der Waals surface area (Å²) >= 11 is 0. The molecule has 0 bridgehead atoms. The number of morpholine rings is 1. The third kappa shape index (κ3) is 4.75. The van der Waals surface area contributed by atoms with Crippen LogP contribution in [0.25, 0.3) is 0 Å². The summed E-state index contributed by atoms with van der Waals surface area (Å²) in [4.78, 5) is 17.1. The molecule has 144 valence electrons. The summed E-state index contributed by atoms with van der Waals surface area (Å²) in [5.41, 5.74) is 1.07. The molecular formula is C18H27N3O4S. The van der Waals surface area contributed by atoms with Crippen LogP contribution in [0.2, 0.25) is 0 Å². The smallest absolute Gasteiger partial charge is 0.253 e. The van der Waals surface area contributed by atoms with Crippen molar-refractivity contribution < 1.29 is 17.9 Å². The summed E-state index contributed by atoms with van der Waals surface area (Å²) in [6.07, 6.45) is 1.97. The summed E-state index contributed by atoms with van der Waals surface area (Å²) < 4.78 is 31.1. The number of carbonyl (C=O) groups is 1. The predicted molar refractivity (Wildman–Crippen MR) is 101 cm³/mol. The summed E-state index contributed by atoms with van der Waals surface area (Å²) in [5.74, 6) is 0.0292. The molecule has 2 fully saturated rings. The van der Waals surface area contributed by atoms with E-state index in [0.717, 1.165) is 52.2 Å². The Labute approximate surface area is 155 Å². The standard InChI is InChI=1S/C18H27N3O4S/c1-2-26(23,24)19-16-5-3-15(4-6-16)18(22)21-9-7-17(8-10-21)20-11-13-25-14-12-20/h3-6,17,19H,2,7-14H2,1H3. The number of sulfonamides is 1. The molecule has 7 nitrogen and oxygen atoms in total. The van der Waals surface area contributed by atoms with Crippen molar-refractivity contribution in [2.75, 3.05) is 49.9 Å². The molecule has 0 spiro atoms. The highest BCUT2D eigenvalue weighted by molar-refractivity contribution is 7.92. The van der Waals surface area contributed by atoms with E-state index in [1.807, 2.05) is 4.90 Å². The van der Waals surface area contributed by atoms with Gasteiger partial charge in [0.15, 0.2) is 0 Å². The Morgan fingerprint density at radius 2 is 1.73 bits per heavy atom. The van der Waals surface area contributed by atoms with E-state index in [1.165, 1.54) is 0 Å². The second-order valence-electron chi connectivity index (χ2n) is 6.75. The van der Waals surface area contributed by atoms with Crippen LogP contribution in [0.3, 0.4) is 0 Å². The molecule has 0 atom stereocenters. The first-order valence-corrected chi connectivity index (χ1v) is 10.9. The number of carbonyl (C=O) groups excluding carboxylic acids is 1. The number of nitrogens with one attached hydrogen (secondary N) is 1. The maximum absolute atomic E-state index is 12.7. The number of benzene rings is 1. The first-order valence-electron chi connectivity index (χ1n) is 9.20. The molecule has 1 N–H and O–H groups in total. The van der Waals surface area contributed by atoms with Crippen molar-refractivity contribution in [3.8, 4) is 0 Å². The second-order valence-corrected chi connectivity index (χ2v) is 8.77.